The van der Waals surface area contributed by atoms with Crippen molar-refractivity contribution >= 4 is 49.9 Å². The Bertz CT molecular complexity index is 861. The molecule has 0 aliphatic carbocycles. The van der Waals surface area contributed by atoms with Crippen molar-refractivity contribution in [1.82, 2.24) is 10.6 Å². The Balaban J connectivity index is 2.81. The van der Waals surface area contributed by atoms with Crippen LogP contribution < -0.4 is 10.6 Å². The molecule has 0 aliphatic rings. The molecule has 0 radical (unpaired) electrons. The van der Waals surface area contributed by atoms with Gasteiger partial charge >= 0.3 is 0 Å². The number of carbonyl (C=O) groups is 2. The van der Waals surface area contributed by atoms with Gasteiger partial charge in [0.15, 0.2) is 0 Å². The highest BCUT2D eigenvalue weighted by molar-refractivity contribution is 9.12. The Labute approximate surface area is 185 Å². The van der Waals surface area contributed by atoms with Gasteiger partial charge in [-0.15, -0.1) is 0 Å². The quantitative estimate of drug-likeness (QED) is 0.276. The Morgan fingerprint density at radius 2 is 1.93 bits per heavy atom. The summed E-state index contributed by atoms with van der Waals surface area (Å²) >= 11 is 6.53. The maximum atomic E-state index is 13.7. The van der Waals surface area contributed by atoms with Gasteiger partial charge in [0, 0.05) is 48.0 Å². The summed E-state index contributed by atoms with van der Waals surface area (Å²) < 4.78 is 27.9. The highest BCUT2D eigenvalue weighted by Gasteiger charge is 2.09. The highest BCUT2D eigenvalue weighted by atomic mass is 79.9. The largest absolute Gasteiger partial charge is 0.356 e. The summed E-state index contributed by atoms with van der Waals surface area (Å²) in [5, 5.41) is 5.24. The lowest BCUT2D eigenvalue weighted by Gasteiger charge is -2.07. The molecule has 2 amide bonds. The van der Waals surface area contributed by atoms with E-state index in [1.54, 1.807) is 19.1 Å². The summed E-state index contributed by atoms with van der Waals surface area (Å²) in [6, 6.07) is 3.16. The fraction of sp³-hybridized carbons (Fsp3) is 0.250. The van der Waals surface area contributed by atoms with Gasteiger partial charge in [-0.25, -0.2) is 8.78 Å². The molecule has 9 heteroatoms. The molecule has 0 fully saturated rings. The van der Waals surface area contributed by atoms with Crippen molar-refractivity contribution in [2.45, 2.75) is 26.8 Å². The summed E-state index contributed by atoms with van der Waals surface area (Å²) in [5.74, 6) is -2.01. The second-order valence-electron chi connectivity index (χ2n) is 5.76. The molecule has 0 spiro atoms. The number of aliphatic imine (C=N–C) groups is 1. The molecule has 0 saturated carbocycles. The third-order valence-corrected chi connectivity index (χ3v) is 4.10. The van der Waals surface area contributed by atoms with Gasteiger partial charge in [-0.2, -0.15) is 0 Å². The number of allylic oxidation sites excluding steroid dienone is 2. The van der Waals surface area contributed by atoms with E-state index in [-0.39, 0.29) is 30.0 Å². The van der Waals surface area contributed by atoms with E-state index in [0.29, 0.717) is 15.5 Å². The maximum absolute atomic E-state index is 13.7. The zero-order valence-corrected chi connectivity index (χ0v) is 19.1. The number of amides is 2. The minimum Gasteiger partial charge on any atom is -0.356 e. The molecule has 0 unspecified atom stereocenters. The van der Waals surface area contributed by atoms with Crippen molar-refractivity contribution in [1.29, 1.82) is 0 Å². The van der Waals surface area contributed by atoms with Crippen molar-refractivity contribution < 1.29 is 18.4 Å². The van der Waals surface area contributed by atoms with Gasteiger partial charge in [-0.1, -0.05) is 28.1 Å². The monoisotopic (exact) mass is 531 g/mol. The molecule has 1 aromatic rings. The number of benzene rings is 1. The van der Waals surface area contributed by atoms with E-state index >= 15 is 0 Å². The number of nitrogens with one attached hydrogen (secondary N) is 2. The van der Waals surface area contributed by atoms with E-state index in [1.165, 1.54) is 18.5 Å². The van der Waals surface area contributed by atoms with E-state index in [9.17, 15) is 18.4 Å². The van der Waals surface area contributed by atoms with E-state index < -0.39 is 17.5 Å². The first-order valence-corrected chi connectivity index (χ1v) is 10.2. The lowest BCUT2D eigenvalue weighted by atomic mass is 10.2. The van der Waals surface area contributed by atoms with Gasteiger partial charge in [0.1, 0.15) is 11.6 Å². The van der Waals surface area contributed by atoms with Crippen molar-refractivity contribution in [3.8, 4) is 0 Å². The molecule has 0 heterocycles. The van der Waals surface area contributed by atoms with Gasteiger partial charge in [-0.05, 0) is 46.4 Å². The number of nitrogens with zero attached hydrogens (tertiary/aromatic N) is 1. The first-order valence-electron chi connectivity index (χ1n) is 8.64. The van der Waals surface area contributed by atoms with Crippen LogP contribution in [0.15, 0.2) is 56.1 Å². The first-order chi connectivity index (χ1) is 13.7. The topological polar surface area (TPSA) is 70.6 Å². The Morgan fingerprint density at radius 3 is 2.55 bits per heavy atom. The van der Waals surface area contributed by atoms with Crippen LogP contribution >= 0.6 is 31.9 Å². The van der Waals surface area contributed by atoms with E-state index in [0.717, 1.165) is 12.1 Å². The molecule has 156 valence electrons. The first kappa shape index (κ1) is 24.9. The van der Waals surface area contributed by atoms with Gasteiger partial charge in [-0.3, -0.25) is 14.6 Å². The molecule has 0 aromatic heterocycles. The van der Waals surface area contributed by atoms with Crippen LogP contribution in [0.25, 0.3) is 0 Å². The van der Waals surface area contributed by atoms with Crippen LogP contribution in [0.2, 0.25) is 0 Å². The zero-order chi connectivity index (χ0) is 21.8. The summed E-state index contributed by atoms with van der Waals surface area (Å²) in [7, 11) is 0. The number of rotatable bonds is 9. The second kappa shape index (κ2) is 13.2. The molecule has 1 aromatic carbocycles. The molecule has 0 bridgehead atoms. The Kier molecular flexibility index (Phi) is 11.3. The number of halogens is 4. The van der Waals surface area contributed by atoms with Gasteiger partial charge in [0.25, 0.3) is 5.91 Å². The van der Waals surface area contributed by atoms with Crippen LogP contribution in [-0.4, -0.2) is 24.6 Å². The van der Waals surface area contributed by atoms with Crippen LogP contribution in [0.5, 0.6) is 0 Å². The molecule has 0 atom stereocenters. The SMILES string of the molecule is CCNC(=O)C\C=C(Br)/C=N\C=C(/C=C(\C)Br)C(=O)NCc1ccc(F)cc1F. The minimum absolute atomic E-state index is 0.0999. The van der Waals surface area contributed by atoms with Crippen LogP contribution in [0.1, 0.15) is 25.8 Å². The standard InChI is InChI=1S/C20H21Br2F2N3O2/c1-3-26-19(28)7-5-16(22)12-25-10-15(8-13(2)21)20(29)27-11-14-4-6-17(23)9-18(14)24/h4-6,8-10,12H,3,7,11H2,1-2H3,(H,26,28)(H,27,29)/b13-8+,15-10+,16-5+,25-12-. The average molecular weight is 533 g/mol. The summed E-state index contributed by atoms with van der Waals surface area (Å²) in [6.45, 7) is 4.03. The summed E-state index contributed by atoms with van der Waals surface area (Å²) in [4.78, 5) is 27.9. The van der Waals surface area contributed by atoms with Gasteiger partial charge in [0.2, 0.25) is 5.91 Å². The molecular weight excluding hydrogens is 512 g/mol. The molecule has 0 aliphatic heterocycles. The fourth-order valence-corrected chi connectivity index (χ4v) is 2.55. The zero-order valence-electron chi connectivity index (χ0n) is 15.9. The van der Waals surface area contributed by atoms with Crippen LogP contribution in [0.3, 0.4) is 0 Å². The third-order valence-electron chi connectivity index (χ3n) is 3.34. The minimum atomic E-state index is -0.734. The predicted octanol–water partition coefficient (Wildman–Crippen LogP) is 4.64. The maximum Gasteiger partial charge on any atom is 0.253 e. The molecule has 29 heavy (non-hydrogen) atoms. The number of hydrogen-bond acceptors (Lipinski definition) is 3. The molecule has 2 N–H and O–H groups in total. The van der Waals surface area contributed by atoms with Crippen molar-refractivity contribution in [3.63, 3.8) is 0 Å². The lowest BCUT2D eigenvalue weighted by molar-refractivity contribution is -0.120. The molecular formula is C20H21Br2F2N3O2. The van der Waals surface area contributed by atoms with E-state index in [2.05, 4.69) is 47.5 Å². The fourth-order valence-electron chi connectivity index (χ4n) is 2.02. The van der Waals surface area contributed by atoms with Crippen molar-refractivity contribution in [2.75, 3.05) is 6.54 Å². The number of carbonyl (C=O) groups excluding carboxylic acids is 2. The molecule has 5 nitrogen and oxygen atoms in total. The van der Waals surface area contributed by atoms with Gasteiger partial charge < -0.3 is 10.6 Å². The predicted molar refractivity (Wildman–Crippen MR) is 118 cm³/mol. The Morgan fingerprint density at radius 1 is 1.21 bits per heavy atom. The second-order valence-corrected chi connectivity index (χ2v) is 7.93. The smallest absolute Gasteiger partial charge is 0.253 e. The summed E-state index contributed by atoms with van der Waals surface area (Å²) in [6.07, 6.45) is 6.18. The normalized spacial score (nSPS) is 13.0. The Hall–Kier alpha value is -2.13. The van der Waals surface area contributed by atoms with E-state index in [4.69, 9.17) is 0 Å². The van der Waals surface area contributed by atoms with Crippen LogP contribution in [0, 0.1) is 11.6 Å². The summed E-state index contributed by atoms with van der Waals surface area (Å²) in [5.41, 5.74) is 0.389. The molecule has 1 rings (SSSR count). The molecule has 0 saturated heterocycles. The highest BCUT2D eigenvalue weighted by Crippen LogP contribution is 2.12. The average Bonchev–Trinajstić information content (AvgIpc) is 2.64. The van der Waals surface area contributed by atoms with Crippen molar-refractivity contribution in [2.24, 2.45) is 4.99 Å². The van der Waals surface area contributed by atoms with Crippen LogP contribution in [-0.2, 0) is 16.1 Å². The van der Waals surface area contributed by atoms with Crippen LogP contribution in [0.4, 0.5) is 8.78 Å². The third kappa shape index (κ3) is 10.3. The van der Waals surface area contributed by atoms with Gasteiger partial charge in [0.05, 0.1) is 5.57 Å². The lowest BCUT2D eigenvalue weighted by Crippen LogP contribution is -2.24. The van der Waals surface area contributed by atoms with Crippen molar-refractivity contribution in [3.05, 3.63) is 68.3 Å². The van der Waals surface area contributed by atoms with E-state index in [1.807, 2.05) is 6.92 Å². The number of hydrogen-bond donors (Lipinski definition) is 2.